The van der Waals surface area contributed by atoms with E-state index in [9.17, 15) is 9.59 Å². The largest absolute Gasteiger partial charge is 0.323 e. The highest BCUT2D eigenvalue weighted by atomic mass is 32.2. The van der Waals surface area contributed by atoms with Crippen LogP contribution in [0.5, 0.6) is 0 Å². The van der Waals surface area contributed by atoms with E-state index in [1.807, 2.05) is 24.3 Å². The molecule has 2 N–H and O–H groups in total. The van der Waals surface area contributed by atoms with Crippen LogP contribution in [0, 0.1) is 0 Å². The number of para-hydroxylation sites is 1. The van der Waals surface area contributed by atoms with Crippen molar-refractivity contribution in [1.82, 2.24) is 10.2 Å². The highest BCUT2D eigenvalue weighted by Crippen LogP contribution is 2.34. The molecule has 0 spiro atoms. The lowest BCUT2D eigenvalue weighted by Crippen LogP contribution is -2.37. The molecule has 2 heterocycles. The number of hydrogen-bond acceptors (Lipinski definition) is 4. The number of carbonyl (C=O) groups is 2. The van der Waals surface area contributed by atoms with Crippen molar-refractivity contribution in [3.8, 4) is 0 Å². The van der Waals surface area contributed by atoms with Crippen LogP contribution >= 0.6 is 11.8 Å². The molecule has 0 saturated carbocycles. The van der Waals surface area contributed by atoms with E-state index in [0.29, 0.717) is 18.0 Å². The van der Waals surface area contributed by atoms with Gasteiger partial charge in [0.1, 0.15) is 0 Å². The fourth-order valence-electron chi connectivity index (χ4n) is 2.16. The molecule has 1 aliphatic rings. The Kier molecular flexibility index (Phi) is 3.92. The molecule has 0 saturated heterocycles. The molecule has 0 radical (unpaired) electrons. The van der Waals surface area contributed by atoms with Crippen molar-refractivity contribution < 1.29 is 9.59 Å². The van der Waals surface area contributed by atoms with Crippen LogP contribution in [0.2, 0.25) is 0 Å². The van der Waals surface area contributed by atoms with Gasteiger partial charge in [-0.25, -0.2) is 0 Å². The van der Waals surface area contributed by atoms with Crippen LogP contribution < -0.4 is 10.2 Å². The number of nitrogens with zero attached hydrogens (tertiary/aromatic N) is 2. The van der Waals surface area contributed by atoms with E-state index >= 15 is 0 Å². The Hall–Kier alpha value is -2.28. The van der Waals surface area contributed by atoms with Crippen LogP contribution in [-0.4, -0.2) is 34.3 Å². The molecule has 0 aliphatic carbocycles. The average Bonchev–Trinajstić information content (AvgIpc) is 2.99. The third kappa shape index (κ3) is 3.08. The average molecular weight is 302 g/mol. The standard InChI is InChI=1S/C14H14N4O2S/c19-13(17-10-7-15-16-8-10)5-6-18-11-3-1-2-4-12(11)21-9-14(18)20/h1-4,7-8H,5-6,9H2,(H,15,16)(H,17,19). The SMILES string of the molecule is O=C(CCN1C(=O)CSc2ccccc21)Nc1cn[nH]c1. The molecule has 0 unspecified atom stereocenters. The lowest BCUT2D eigenvalue weighted by atomic mass is 10.2. The number of benzene rings is 1. The van der Waals surface area contributed by atoms with Crippen molar-refractivity contribution in [2.45, 2.75) is 11.3 Å². The minimum atomic E-state index is -0.139. The van der Waals surface area contributed by atoms with E-state index in [-0.39, 0.29) is 18.2 Å². The summed E-state index contributed by atoms with van der Waals surface area (Å²) in [5.74, 6) is 0.315. The quantitative estimate of drug-likeness (QED) is 0.904. The Balaban J connectivity index is 1.64. The molecular formula is C14H14N4O2S. The highest BCUT2D eigenvalue weighted by molar-refractivity contribution is 8.00. The summed E-state index contributed by atoms with van der Waals surface area (Å²) >= 11 is 1.53. The zero-order valence-corrected chi connectivity index (χ0v) is 12.0. The van der Waals surface area contributed by atoms with Crippen molar-refractivity contribution in [3.63, 3.8) is 0 Å². The maximum absolute atomic E-state index is 12.0. The number of anilines is 2. The van der Waals surface area contributed by atoms with Gasteiger partial charge in [-0.2, -0.15) is 5.10 Å². The minimum absolute atomic E-state index is 0.0369. The van der Waals surface area contributed by atoms with Crippen LogP contribution in [0.3, 0.4) is 0 Å². The Morgan fingerprint density at radius 3 is 3.10 bits per heavy atom. The van der Waals surface area contributed by atoms with Crippen LogP contribution in [-0.2, 0) is 9.59 Å². The highest BCUT2D eigenvalue weighted by Gasteiger charge is 2.24. The second-order valence-electron chi connectivity index (χ2n) is 4.59. The van der Waals surface area contributed by atoms with E-state index in [4.69, 9.17) is 0 Å². The fourth-order valence-corrected chi connectivity index (χ4v) is 3.09. The molecule has 1 aliphatic heterocycles. The number of hydrogen-bond donors (Lipinski definition) is 2. The Morgan fingerprint density at radius 1 is 1.43 bits per heavy atom. The molecule has 0 bridgehead atoms. The first-order valence-corrected chi connectivity index (χ1v) is 7.53. The molecule has 21 heavy (non-hydrogen) atoms. The number of fused-ring (bicyclic) bond motifs is 1. The van der Waals surface area contributed by atoms with Gasteiger partial charge in [0.05, 0.1) is 23.3 Å². The van der Waals surface area contributed by atoms with Gasteiger partial charge in [0.2, 0.25) is 11.8 Å². The number of amides is 2. The summed E-state index contributed by atoms with van der Waals surface area (Å²) in [5, 5.41) is 9.11. The van der Waals surface area contributed by atoms with Crippen LogP contribution in [0.15, 0.2) is 41.6 Å². The molecule has 1 aromatic heterocycles. The molecule has 6 nitrogen and oxygen atoms in total. The van der Waals surface area contributed by atoms with Gasteiger partial charge >= 0.3 is 0 Å². The number of rotatable bonds is 4. The molecule has 108 valence electrons. The fraction of sp³-hybridized carbons (Fsp3) is 0.214. The smallest absolute Gasteiger partial charge is 0.237 e. The number of thioether (sulfide) groups is 1. The lowest BCUT2D eigenvalue weighted by Gasteiger charge is -2.28. The van der Waals surface area contributed by atoms with Crippen molar-refractivity contribution in [3.05, 3.63) is 36.7 Å². The summed E-state index contributed by atoms with van der Waals surface area (Å²) in [6.07, 6.45) is 3.39. The van der Waals surface area contributed by atoms with Gasteiger partial charge < -0.3 is 10.2 Å². The van der Waals surface area contributed by atoms with Gasteiger partial charge in [0.25, 0.3) is 0 Å². The molecule has 0 fully saturated rings. The van der Waals surface area contributed by atoms with Crippen molar-refractivity contribution in [2.75, 3.05) is 22.5 Å². The van der Waals surface area contributed by atoms with Crippen molar-refractivity contribution in [1.29, 1.82) is 0 Å². The maximum atomic E-state index is 12.0. The van der Waals surface area contributed by atoms with E-state index in [0.717, 1.165) is 10.6 Å². The monoisotopic (exact) mass is 302 g/mol. The first-order valence-electron chi connectivity index (χ1n) is 6.55. The third-order valence-corrected chi connectivity index (χ3v) is 4.20. The van der Waals surface area contributed by atoms with E-state index in [1.165, 1.54) is 18.0 Å². The first-order chi connectivity index (χ1) is 10.2. The zero-order chi connectivity index (χ0) is 14.7. The van der Waals surface area contributed by atoms with Crippen molar-refractivity contribution >= 4 is 35.0 Å². The molecule has 0 atom stereocenters. The molecule has 2 aromatic rings. The minimum Gasteiger partial charge on any atom is -0.323 e. The van der Waals surface area contributed by atoms with Gasteiger partial charge in [-0.15, -0.1) is 11.8 Å². The molecular weight excluding hydrogens is 288 g/mol. The van der Waals surface area contributed by atoms with Gasteiger partial charge in [-0.3, -0.25) is 14.7 Å². The first kappa shape index (κ1) is 13.7. The summed E-state index contributed by atoms with van der Waals surface area (Å²) in [4.78, 5) is 26.7. The zero-order valence-electron chi connectivity index (χ0n) is 11.2. The van der Waals surface area contributed by atoms with Crippen LogP contribution in [0.25, 0.3) is 0 Å². The van der Waals surface area contributed by atoms with E-state index < -0.39 is 0 Å². The maximum Gasteiger partial charge on any atom is 0.237 e. The number of aromatic amines is 1. The van der Waals surface area contributed by atoms with Crippen LogP contribution in [0.4, 0.5) is 11.4 Å². The van der Waals surface area contributed by atoms with Crippen molar-refractivity contribution in [2.24, 2.45) is 0 Å². The van der Waals surface area contributed by atoms with Gasteiger partial charge in [-0.05, 0) is 12.1 Å². The predicted molar refractivity (Wildman–Crippen MR) is 81.4 cm³/mol. The Morgan fingerprint density at radius 2 is 2.29 bits per heavy atom. The normalized spacial score (nSPS) is 13.9. The van der Waals surface area contributed by atoms with Gasteiger partial charge in [-0.1, -0.05) is 12.1 Å². The number of aromatic nitrogens is 2. The second kappa shape index (κ2) is 6.01. The van der Waals surface area contributed by atoms with Crippen LogP contribution in [0.1, 0.15) is 6.42 Å². The topological polar surface area (TPSA) is 78.1 Å². The summed E-state index contributed by atoms with van der Waals surface area (Å²) in [6.45, 7) is 0.375. The number of carbonyl (C=O) groups excluding carboxylic acids is 2. The Labute approximate surface area is 125 Å². The number of nitrogens with one attached hydrogen (secondary N) is 2. The third-order valence-electron chi connectivity index (χ3n) is 3.15. The lowest BCUT2D eigenvalue weighted by molar-refractivity contribution is -0.117. The molecule has 3 rings (SSSR count). The summed E-state index contributed by atoms with van der Waals surface area (Å²) < 4.78 is 0. The van der Waals surface area contributed by atoms with Gasteiger partial charge in [0, 0.05) is 24.1 Å². The number of H-pyrrole nitrogens is 1. The Bertz CT molecular complexity index is 657. The summed E-state index contributed by atoms with van der Waals surface area (Å²) in [5.41, 5.74) is 1.51. The second-order valence-corrected chi connectivity index (χ2v) is 5.60. The molecule has 1 aromatic carbocycles. The van der Waals surface area contributed by atoms with Gasteiger partial charge in [0.15, 0.2) is 0 Å². The summed E-state index contributed by atoms with van der Waals surface area (Å²) in [7, 11) is 0. The summed E-state index contributed by atoms with van der Waals surface area (Å²) in [6, 6.07) is 7.75. The molecule has 2 amide bonds. The molecule has 7 heteroatoms. The predicted octanol–water partition coefficient (Wildman–Crippen LogP) is 1.88. The van der Waals surface area contributed by atoms with E-state index in [1.54, 1.807) is 11.1 Å². The van der Waals surface area contributed by atoms with E-state index in [2.05, 4.69) is 15.5 Å².